The third-order valence-electron chi connectivity index (χ3n) is 4.17. The summed E-state index contributed by atoms with van der Waals surface area (Å²) in [5.74, 6) is -0.599. The minimum Gasteiger partial charge on any atom is -0.851 e. The molecular weight excluding hydrogens is 238 g/mol. The van der Waals surface area contributed by atoms with E-state index in [4.69, 9.17) is 0 Å². The van der Waals surface area contributed by atoms with Crippen LogP contribution in [0.3, 0.4) is 0 Å². The van der Waals surface area contributed by atoms with Gasteiger partial charge in [-0.2, -0.15) is 0 Å². The van der Waals surface area contributed by atoms with E-state index < -0.39 is 12.2 Å². The first kappa shape index (κ1) is 16.0. The van der Waals surface area contributed by atoms with Gasteiger partial charge in [-0.1, -0.05) is 20.3 Å². The van der Waals surface area contributed by atoms with Crippen LogP contribution in [0.25, 0.3) is 0 Å². The van der Waals surface area contributed by atoms with Crippen molar-refractivity contribution < 1.29 is 10.2 Å². The summed E-state index contributed by atoms with van der Waals surface area (Å²) in [4.78, 5) is 2.04. The molecule has 0 aromatic heterocycles. The number of benzene rings is 1. The van der Waals surface area contributed by atoms with E-state index in [9.17, 15) is 10.2 Å². The van der Waals surface area contributed by atoms with Gasteiger partial charge in [0.2, 0.25) is 0 Å². The highest BCUT2D eigenvalue weighted by molar-refractivity contribution is 5.55. The van der Waals surface area contributed by atoms with Gasteiger partial charge in [-0.3, -0.25) is 0 Å². The van der Waals surface area contributed by atoms with Gasteiger partial charge in [-0.25, -0.2) is 0 Å². The van der Waals surface area contributed by atoms with E-state index in [1.165, 1.54) is 0 Å². The van der Waals surface area contributed by atoms with Crippen LogP contribution in [0.15, 0.2) is 12.1 Å². The average molecular weight is 263 g/mol. The molecule has 1 saturated carbocycles. The Hall–Kier alpha value is -1.06. The van der Waals surface area contributed by atoms with Crippen LogP contribution in [0.2, 0.25) is 0 Å². The Morgan fingerprint density at radius 1 is 1.00 bits per heavy atom. The molecule has 2 unspecified atom stereocenters. The average Bonchev–Trinajstić information content (AvgIpc) is 2.32. The Balaban J connectivity index is 0.00000180. The topological polar surface area (TPSA) is 49.4 Å². The predicted octanol–water partition coefficient (Wildman–Crippen LogP) is 1.20. The van der Waals surface area contributed by atoms with E-state index in [2.05, 4.69) is 12.1 Å². The van der Waals surface area contributed by atoms with Crippen molar-refractivity contribution in [3.63, 3.8) is 0 Å². The van der Waals surface area contributed by atoms with Crippen LogP contribution in [0.1, 0.15) is 37.0 Å². The van der Waals surface area contributed by atoms with E-state index in [1.807, 2.05) is 32.8 Å². The van der Waals surface area contributed by atoms with Crippen molar-refractivity contribution in [1.82, 2.24) is 0 Å². The van der Waals surface area contributed by atoms with Crippen molar-refractivity contribution in [2.45, 2.75) is 46.3 Å². The van der Waals surface area contributed by atoms with E-state index in [1.54, 1.807) is 6.92 Å². The Bertz CT molecular complexity index is 423. The normalized spacial score (nSPS) is 29.4. The zero-order valence-electron chi connectivity index (χ0n) is 11.7. The van der Waals surface area contributed by atoms with E-state index in [0.29, 0.717) is 0 Å². The number of anilines is 1. The maximum atomic E-state index is 12.0. The number of nitrogens with zero attached hydrogens (tertiary/aromatic N) is 1. The first-order chi connectivity index (χ1) is 8.34. The molecule has 2 rings (SSSR count). The van der Waals surface area contributed by atoms with Crippen LogP contribution in [0.5, 0.6) is 0 Å². The summed E-state index contributed by atoms with van der Waals surface area (Å²) in [6.45, 7) is 5.76. The summed E-state index contributed by atoms with van der Waals surface area (Å²) < 4.78 is 0. The van der Waals surface area contributed by atoms with Crippen molar-refractivity contribution in [1.29, 1.82) is 0 Å². The summed E-state index contributed by atoms with van der Waals surface area (Å²) >= 11 is 0. The lowest BCUT2D eigenvalue weighted by molar-refractivity contribution is -0.547. The highest BCUT2D eigenvalue weighted by Crippen LogP contribution is 2.42. The molecular formula is C16H25NO2-2. The lowest BCUT2D eigenvalue weighted by atomic mass is 9.65. The number of hydrogen-bond acceptors (Lipinski definition) is 3. The standard InChI is InChI=1S/C15H21NO2.CH4/c1-8-6-11(16(4)5)7-9(2)12(8)13-14(17)10(3)15(13)18;/h6-7,10,13-15H,1-5H3;1H4/q-2;. The molecule has 1 aliphatic rings. The molecule has 0 saturated heterocycles. The quantitative estimate of drug-likeness (QED) is 0.805. The van der Waals surface area contributed by atoms with Crippen LogP contribution in [-0.4, -0.2) is 26.3 Å². The molecule has 3 heteroatoms. The van der Waals surface area contributed by atoms with Crippen LogP contribution in [0.4, 0.5) is 5.69 Å². The zero-order valence-corrected chi connectivity index (χ0v) is 11.7. The van der Waals surface area contributed by atoms with Crippen LogP contribution in [-0.2, 0) is 0 Å². The Morgan fingerprint density at radius 2 is 1.42 bits per heavy atom. The molecule has 0 aliphatic heterocycles. The Kier molecular flexibility index (Phi) is 4.64. The summed E-state index contributed by atoms with van der Waals surface area (Å²) in [6, 6.07) is 4.12. The SMILES string of the molecule is C.Cc1cc(N(C)C)cc(C)c1C1C([O-])C(C)C1[O-]. The first-order valence-corrected chi connectivity index (χ1v) is 6.44. The molecule has 1 aromatic carbocycles. The van der Waals surface area contributed by atoms with Crippen LogP contribution in [0, 0.1) is 19.8 Å². The molecule has 108 valence electrons. The van der Waals surface area contributed by atoms with Gasteiger partial charge in [-0.05, 0) is 48.6 Å². The summed E-state index contributed by atoms with van der Waals surface area (Å²) in [7, 11) is 3.98. The molecule has 0 radical (unpaired) electrons. The largest absolute Gasteiger partial charge is 0.851 e. The molecule has 1 aliphatic carbocycles. The number of rotatable bonds is 2. The summed E-state index contributed by atoms with van der Waals surface area (Å²) in [5, 5.41) is 23.9. The number of aryl methyl sites for hydroxylation is 2. The molecule has 0 amide bonds. The molecule has 1 fully saturated rings. The van der Waals surface area contributed by atoms with Gasteiger partial charge in [0.15, 0.2) is 0 Å². The van der Waals surface area contributed by atoms with Crippen molar-refractivity contribution >= 4 is 5.69 Å². The van der Waals surface area contributed by atoms with Crippen molar-refractivity contribution in [2.75, 3.05) is 19.0 Å². The zero-order chi connectivity index (χ0) is 13.6. The molecule has 0 heterocycles. The summed E-state index contributed by atoms with van der Waals surface area (Å²) in [6.07, 6.45) is -1.48. The second kappa shape index (κ2) is 5.51. The van der Waals surface area contributed by atoms with Gasteiger partial charge in [0.1, 0.15) is 0 Å². The fraction of sp³-hybridized carbons (Fsp3) is 0.625. The van der Waals surface area contributed by atoms with Gasteiger partial charge in [0.25, 0.3) is 0 Å². The van der Waals surface area contributed by atoms with E-state index >= 15 is 0 Å². The van der Waals surface area contributed by atoms with Gasteiger partial charge in [-0.15, -0.1) is 12.2 Å². The molecule has 2 atom stereocenters. The maximum absolute atomic E-state index is 12.0. The Morgan fingerprint density at radius 3 is 1.79 bits per heavy atom. The van der Waals surface area contributed by atoms with Crippen molar-refractivity contribution in [2.24, 2.45) is 5.92 Å². The summed E-state index contributed by atoms with van der Waals surface area (Å²) in [5.41, 5.74) is 4.24. The van der Waals surface area contributed by atoms with Gasteiger partial charge in [0.05, 0.1) is 0 Å². The van der Waals surface area contributed by atoms with Crippen molar-refractivity contribution in [3.05, 3.63) is 28.8 Å². The Labute approximate surface area is 116 Å². The van der Waals surface area contributed by atoms with E-state index in [-0.39, 0.29) is 19.3 Å². The van der Waals surface area contributed by atoms with E-state index in [0.717, 1.165) is 22.4 Å². The predicted molar refractivity (Wildman–Crippen MR) is 76.5 cm³/mol. The molecule has 0 spiro atoms. The smallest absolute Gasteiger partial charge is 0.0366 e. The lowest BCUT2D eigenvalue weighted by Crippen LogP contribution is -2.64. The molecule has 0 bridgehead atoms. The third kappa shape index (κ3) is 2.49. The van der Waals surface area contributed by atoms with Gasteiger partial charge in [0, 0.05) is 19.8 Å². The third-order valence-corrected chi connectivity index (χ3v) is 4.17. The monoisotopic (exact) mass is 263 g/mol. The first-order valence-electron chi connectivity index (χ1n) is 6.44. The highest BCUT2D eigenvalue weighted by Gasteiger charge is 2.35. The lowest BCUT2D eigenvalue weighted by Gasteiger charge is -2.61. The van der Waals surface area contributed by atoms with Gasteiger partial charge >= 0.3 is 0 Å². The van der Waals surface area contributed by atoms with Gasteiger partial charge < -0.3 is 15.1 Å². The van der Waals surface area contributed by atoms with Crippen molar-refractivity contribution in [3.8, 4) is 0 Å². The molecule has 3 nitrogen and oxygen atoms in total. The minimum absolute atomic E-state index is 0. The molecule has 1 aromatic rings. The maximum Gasteiger partial charge on any atom is 0.0366 e. The molecule has 0 N–H and O–H groups in total. The number of hydrogen-bond donors (Lipinski definition) is 0. The molecule has 19 heavy (non-hydrogen) atoms. The second-order valence-corrected chi connectivity index (χ2v) is 5.70. The minimum atomic E-state index is -0.741. The second-order valence-electron chi connectivity index (χ2n) is 5.70. The fourth-order valence-corrected chi connectivity index (χ4v) is 2.95. The fourth-order valence-electron chi connectivity index (χ4n) is 2.95. The van der Waals surface area contributed by atoms with Crippen LogP contribution >= 0.6 is 0 Å². The van der Waals surface area contributed by atoms with Crippen LogP contribution < -0.4 is 15.1 Å². The highest BCUT2D eigenvalue weighted by atomic mass is 16.3.